The van der Waals surface area contributed by atoms with E-state index in [0.29, 0.717) is 10.7 Å². The van der Waals surface area contributed by atoms with E-state index in [4.69, 9.17) is 0 Å². The Morgan fingerprint density at radius 3 is 2.86 bits per heavy atom. The molecule has 4 nitrogen and oxygen atoms in total. The van der Waals surface area contributed by atoms with Gasteiger partial charge in [-0.05, 0) is 13.0 Å². The minimum Gasteiger partial charge on any atom is -0.297 e. The fraction of sp³-hybridized carbons (Fsp3) is 0.222. The van der Waals surface area contributed by atoms with Crippen LogP contribution in [0, 0.1) is 6.92 Å². The van der Waals surface area contributed by atoms with Gasteiger partial charge >= 0.3 is 0 Å². The van der Waals surface area contributed by atoms with Crippen LogP contribution in [0.5, 0.6) is 0 Å². The first kappa shape index (κ1) is 9.08. The predicted octanol–water partition coefficient (Wildman–Crippen LogP) is 1.66. The van der Waals surface area contributed by atoms with Crippen molar-refractivity contribution in [2.75, 3.05) is 0 Å². The average Bonchev–Trinajstić information content (AvgIpc) is 2.71. The first-order valence-electron chi connectivity index (χ1n) is 4.12. The molecule has 72 valence electrons. The summed E-state index contributed by atoms with van der Waals surface area (Å²) in [7, 11) is 1.82. The molecule has 0 fully saturated rings. The Hall–Kier alpha value is -1.49. The first-order valence-corrected chi connectivity index (χ1v) is 4.94. The van der Waals surface area contributed by atoms with Gasteiger partial charge in [-0.2, -0.15) is 5.10 Å². The van der Waals surface area contributed by atoms with Gasteiger partial charge in [0.25, 0.3) is 0 Å². The summed E-state index contributed by atoms with van der Waals surface area (Å²) >= 11 is 1.46. The normalized spacial score (nSPS) is 10.4. The summed E-state index contributed by atoms with van der Waals surface area (Å²) < 4.78 is 1.65. The smallest absolute Gasteiger partial charge is 0.182 e. The Morgan fingerprint density at radius 2 is 2.36 bits per heavy atom. The Bertz CT molecular complexity index is 472. The molecule has 0 aliphatic rings. The number of carbonyl (C=O) groups excluding carboxylic acids is 1. The van der Waals surface area contributed by atoms with Crippen LogP contribution in [0.3, 0.4) is 0 Å². The van der Waals surface area contributed by atoms with Crippen LogP contribution in [0.4, 0.5) is 0 Å². The molecular formula is C9H9N3OS. The van der Waals surface area contributed by atoms with Crippen molar-refractivity contribution in [3.8, 4) is 11.4 Å². The van der Waals surface area contributed by atoms with Crippen LogP contribution in [0.2, 0.25) is 0 Å². The van der Waals surface area contributed by atoms with Crippen molar-refractivity contribution >= 4 is 17.6 Å². The molecule has 0 aliphatic carbocycles. The van der Waals surface area contributed by atoms with Crippen LogP contribution in [-0.4, -0.2) is 21.1 Å². The zero-order chi connectivity index (χ0) is 10.1. The van der Waals surface area contributed by atoms with Gasteiger partial charge in [-0.15, -0.1) is 11.3 Å². The van der Waals surface area contributed by atoms with E-state index in [1.165, 1.54) is 11.3 Å². The van der Waals surface area contributed by atoms with Gasteiger partial charge in [-0.1, -0.05) is 0 Å². The van der Waals surface area contributed by atoms with E-state index in [2.05, 4.69) is 10.1 Å². The van der Waals surface area contributed by atoms with Crippen LogP contribution in [0.25, 0.3) is 11.4 Å². The number of carbonyl (C=O) groups is 1. The second-order valence-electron chi connectivity index (χ2n) is 2.98. The SMILES string of the molecule is Cc1sc(C=O)cc1-c1ncn(C)n1. The van der Waals surface area contributed by atoms with Crippen molar-refractivity contribution in [1.82, 2.24) is 14.8 Å². The zero-order valence-corrected chi connectivity index (χ0v) is 8.71. The van der Waals surface area contributed by atoms with Crippen LogP contribution in [0.1, 0.15) is 14.5 Å². The molecule has 14 heavy (non-hydrogen) atoms. The maximum absolute atomic E-state index is 10.6. The Kier molecular flexibility index (Phi) is 2.17. The van der Waals surface area contributed by atoms with Gasteiger partial charge in [0.05, 0.1) is 4.88 Å². The molecule has 0 N–H and O–H groups in total. The van der Waals surface area contributed by atoms with E-state index in [-0.39, 0.29) is 0 Å². The van der Waals surface area contributed by atoms with Crippen molar-refractivity contribution in [3.63, 3.8) is 0 Å². The van der Waals surface area contributed by atoms with Gasteiger partial charge < -0.3 is 0 Å². The Balaban J connectivity index is 2.50. The molecule has 0 saturated carbocycles. The highest BCUT2D eigenvalue weighted by Crippen LogP contribution is 2.27. The molecule has 0 atom stereocenters. The molecule has 0 radical (unpaired) electrons. The minimum atomic E-state index is 0.675. The standard InChI is InChI=1S/C9H9N3OS/c1-6-8(3-7(4-13)14-6)9-10-5-12(2)11-9/h3-5H,1-2H3. The summed E-state index contributed by atoms with van der Waals surface area (Å²) in [5, 5.41) is 4.19. The minimum absolute atomic E-state index is 0.675. The van der Waals surface area contributed by atoms with Crippen molar-refractivity contribution in [2.45, 2.75) is 6.92 Å². The van der Waals surface area contributed by atoms with Gasteiger partial charge in [0, 0.05) is 17.5 Å². The zero-order valence-electron chi connectivity index (χ0n) is 7.89. The maximum atomic E-state index is 10.6. The number of hydrogen-bond acceptors (Lipinski definition) is 4. The molecule has 0 bridgehead atoms. The second-order valence-corrected chi connectivity index (χ2v) is 4.27. The lowest BCUT2D eigenvalue weighted by molar-refractivity contribution is 0.112. The summed E-state index contributed by atoms with van der Waals surface area (Å²) in [6, 6.07) is 1.82. The predicted molar refractivity (Wildman–Crippen MR) is 54.4 cm³/mol. The molecule has 2 heterocycles. The molecule has 2 aromatic heterocycles. The summed E-state index contributed by atoms with van der Waals surface area (Å²) in [4.78, 5) is 16.5. The highest BCUT2D eigenvalue weighted by Gasteiger charge is 2.10. The summed E-state index contributed by atoms with van der Waals surface area (Å²) in [5.74, 6) is 0.675. The third kappa shape index (κ3) is 1.46. The fourth-order valence-corrected chi connectivity index (χ4v) is 2.09. The van der Waals surface area contributed by atoms with Crippen molar-refractivity contribution in [1.29, 1.82) is 0 Å². The van der Waals surface area contributed by atoms with Crippen LogP contribution >= 0.6 is 11.3 Å². The van der Waals surface area contributed by atoms with E-state index >= 15 is 0 Å². The van der Waals surface area contributed by atoms with Crippen molar-refractivity contribution < 1.29 is 4.79 Å². The third-order valence-electron chi connectivity index (χ3n) is 1.89. The first-order chi connectivity index (χ1) is 6.70. The van der Waals surface area contributed by atoms with Gasteiger partial charge in [0.2, 0.25) is 0 Å². The molecule has 0 unspecified atom stereocenters. The molecule has 0 aromatic carbocycles. The highest BCUT2D eigenvalue weighted by molar-refractivity contribution is 7.14. The number of aromatic nitrogens is 3. The molecular weight excluding hydrogens is 198 g/mol. The number of rotatable bonds is 2. The highest BCUT2D eigenvalue weighted by atomic mass is 32.1. The van der Waals surface area contributed by atoms with E-state index < -0.39 is 0 Å². The topological polar surface area (TPSA) is 47.8 Å². The number of aryl methyl sites for hydroxylation is 2. The summed E-state index contributed by atoms with van der Waals surface area (Å²) in [6.07, 6.45) is 2.50. The van der Waals surface area contributed by atoms with E-state index in [9.17, 15) is 4.79 Å². The lowest BCUT2D eigenvalue weighted by atomic mass is 10.2. The number of hydrogen-bond donors (Lipinski definition) is 0. The monoisotopic (exact) mass is 207 g/mol. The molecule has 5 heteroatoms. The molecule has 0 aliphatic heterocycles. The molecule has 0 saturated heterocycles. The lowest BCUT2D eigenvalue weighted by Gasteiger charge is -1.90. The van der Waals surface area contributed by atoms with E-state index in [0.717, 1.165) is 16.7 Å². The third-order valence-corrected chi connectivity index (χ3v) is 2.87. The average molecular weight is 207 g/mol. The number of aldehydes is 1. The Labute approximate surface area is 85.2 Å². The lowest BCUT2D eigenvalue weighted by Crippen LogP contribution is -1.87. The van der Waals surface area contributed by atoms with Gasteiger partial charge in [-0.25, -0.2) is 4.98 Å². The van der Waals surface area contributed by atoms with Gasteiger partial charge in [-0.3, -0.25) is 9.48 Å². The largest absolute Gasteiger partial charge is 0.297 e. The van der Waals surface area contributed by atoms with Crippen molar-refractivity contribution in [2.24, 2.45) is 7.05 Å². The maximum Gasteiger partial charge on any atom is 0.182 e. The van der Waals surface area contributed by atoms with Gasteiger partial charge in [0.15, 0.2) is 12.1 Å². The van der Waals surface area contributed by atoms with Crippen LogP contribution in [-0.2, 0) is 7.05 Å². The van der Waals surface area contributed by atoms with E-state index in [1.54, 1.807) is 11.0 Å². The van der Waals surface area contributed by atoms with Crippen molar-refractivity contribution in [3.05, 3.63) is 22.1 Å². The van der Waals surface area contributed by atoms with Crippen LogP contribution < -0.4 is 0 Å². The summed E-state index contributed by atoms with van der Waals surface area (Å²) in [6.45, 7) is 1.96. The Morgan fingerprint density at radius 1 is 1.57 bits per heavy atom. The molecule has 0 spiro atoms. The molecule has 2 aromatic rings. The quantitative estimate of drug-likeness (QED) is 0.704. The molecule has 2 rings (SSSR count). The number of thiophene rings is 1. The fourth-order valence-electron chi connectivity index (χ4n) is 1.25. The van der Waals surface area contributed by atoms with Gasteiger partial charge in [0.1, 0.15) is 6.33 Å². The second kappa shape index (κ2) is 3.34. The van der Waals surface area contributed by atoms with Crippen LogP contribution in [0.15, 0.2) is 12.4 Å². The molecule has 0 amide bonds. The van der Waals surface area contributed by atoms with E-state index in [1.807, 2.05) is 20.0 Å². The number of nitrogens with zero attached hydrogens (tertiary/aromatic N) is 3. The summed E-state index contributed by atoms with van der Waals surface area (Å²) in [5.41, 5.74) is 0.942.